The summed E-state index contributed by atoms with van der Waals surface area (Å²) >= 11 is 0. The number of aromatic nitrogens is 1. The van der Waals surface area contributed by atoms with E-state index in [9.17, 15) is 16.8 Å². The van der Waals surface area contributed by atoms with Crippen molar-refractivity contribution in [3.63, 3.8) is 0 Å². The van der Waals surface area contributed by atoms with Crippen LogP contribution in [0, 0.1) is 6.92 Å². The maximum atomic E-state index is 13.0. The van der Waals surface area contributed by atoms with Crippen molar-refractivity contribution in [1.29, 1.82) is 0 Å². The molecule has 1 fully saturated rings. The van der Waals surface area contributed by atoms with Crippen molar-refractivity contribution in [3.05, 3.63) is 47.8 Å². The van der Waals surface area contributed by atoms with E-state index in [4.69, 9.17) is 15.4 Å². The van der Waals surface area contributed by atoms with E-state index < -0.39 is 19.1 Å². The molecule has 1 aliphatic heterocycles. The number of aryl methyl sites for hydroxylation is 1. The van der Waals surface area contributed by atoms with Gasteiger partial charge in [0.2, 0.25) is 0 Å². The van der Waals surface area contributed by atoms with Crippen LogP contribution in [0.15, 0.2) is 46.3 Å². The van der Waals surface area contributed by atoms with Gasteiger partial charge in [0.25, 0.3) is 19.1 Å². The highest BCUT2D eigenvalue weighted by Gasteiger charge is 2.29. The minimum absolute atomic E-state index is 0.0977. The Bertz CT molecular complexity index is 972. The Balaban J connectivity index is 2.16. The van der Waals surface area contributed by atoms with Gasteiger partial charge in [-0.15, -0.1) is 0 Å². The van der Waals surface area contributed by atoms with Gasteiger partial charge < -0.3 is 4.74 Å². The largest absolute Gasteiger partial charge is 0.381 e. The lowest BCUT2D eigenvalue weighted by atomic mass is 9.97. The van der Waals surface area contributed by atoms with Crippen LogP contribution in [0.1, 0.15) is 30.0 Å². The van der Waals surface area contributed by atoms with E-state index in [0.29, 0.717) is 31.7 Å². The lowest BCUT2D eigenvalue weighted by molar-refractivity contribution is 0.0843. The molecule has 2 aromatic rings. The molecule has 0 bridgehead atoms. The van der Waals surface area contributed by atoms with E-state index >= 15 is 0 Å². The van der Waals surface area contributed by atoms with Gasteiger partial charge in [-0.25, -0.2) is 20.8 Å². The second-order valence-electron chi connectivity index (χ2n) is 6.04. The molecule has 0 saturated carbocycles. The Morgan fingerprint density at radius 1 is 1.04 bits per heavy atom. The molecule has 0 amide bonds. The van der Waals surface area contributed by atoms with Gasteiger partial charge >= 0.3 is 0 Å². The first-order valence-corrected chi connectivity index (χ1v) is 11.5. The second-order valence-corrected chi connectivity index (χ2v) is 10.4. The fourth-order valence-electron chi connectivity index (χ4n) is 2.89. The number of benzene rings is 1. The fraction of sp³-hybridized carbons (Fsp3) is 0.375. The molecule has 0 N–H and O–H groups in total. The van der Waals surface area contributed by atoms with E-state index in [0.717, 1.165) is 15.7 Å². The molecular weight excluding hydrogens is 386 g/mol. The predicted molar refractivity (Wildman–Crippen MR) is 94.0 cm³/mol. The molecule has 25 heavy (non-hydrogen) atoms. The third-order valence-corrected chi connectivity index (χ3v) is 7.31. The van der Waals surface area contributed by atoms with Gasteiger partial charge in [0.1, 0.15) is 4.90 Å². The number of hydrogen-bond acceptors (Lipinski definition) is 5. The summed E-state index contributed by atoms with van der Waals surface area (Å²) < 4.78 is 55.9. The molecule has 9 heteroatoms. The summed E-state index contributed by atoms with van der Waals surface area (Å²) in [5, 5.41) is 0. The van der Waals surface area contributed by atoms with E-state index in [1.54, 1.807) is 12.1 Å². The van der Waals surface area contributed by atoms with E-state index in [1.165, 1.54) is 18.2 Å². The number of rotatable bonds is 4. The number of ether oxygens (including phenoxy) is 1. The molecule has 0 unspecified atom stereocenters. The zero-order valence-corrected chi connectivity index (χ0v) is 15.9. The number of hydrogen-bond donors (Lipinski definition) is 0. The van der Waals surface area contributed by atoms with Crippen LogP contribution >= 0.6 is 10.7 Å². The van der Waals surface area contributed by atoms with Crippen molar-refractivity contribution in [2.24, 2.45) is 0 Å². The molecule has 136 valence electrons. The molecule has 6 nitrogen and oxygen atoms in total. The Hall–Kier alpha value is -1.35. The van der Waals surface area contributed by atoms with E-state index in [1.807, 2.05) is 6.92 Å². The summed E-state index contributed by atoms with van der Waals surface area (Å²) in [6, 6.07) is 7.76. The monoisotopic (exact) mass is 403 g/mol. The fourth-order valence-corrected chi connectivity index (χ4v) is 5.14. The Morgan fingerprint density at radius 3 is 2.20 bits per heavy atom. The molecule has 0 atom stereocenters. The smallest absolute Gasteiger partial charge is 0.267 e. The van der Waals surface area contributed by atoms with Crippen LogP contribution in [0.2, 0.25) is 0 Å². The molecule has 1 aromatic heterocycles. The maximum absolute atomic E-state index is 13.0. The molecular formula is C16H18ClNO5S2. The Morgan fingerprint density at radius 2 is 1.64 bits per heavy atom. The van der Waals surface area contributed by atoms with Crippen molar-refractivity contribution in [2.45, 2.75) is 35.5 Å². The van der Waals surface area contributed by atoms with Crippen molar-refractivity contribution in [2.75, 3.05) is 13.2 Å². The SMILES string of the molecule is Cc1ccc(S(=O)(=O)n2cc(S(=O)(=O)Cl)cc2C2CCOCC2)cc1. The number of halogens is 1. The molecule has 2 heterocycles. The maximum Gasteiger partial charge on any atom is 0.267 e. The van der Waals surface area contributed by atoms with Crippen LogP contribution in [0.5, 0.6) is 0 Å². The predicted octanol–water partition coefficient (Wildman–Crippen LogP) is 2.86. The average Bonchev–Trinajstić information content (AvgIpc) is 3.02. The summed E-state index contributed by atoms with van der Waals surface area (Å²) in [7, 11) is -2.52. The van der Waals surface area contributed by atoms with E-state index in [2.05, 4.69) is 0 Å². The van der Waals surface area contributed by atoms with Gasteiger partial charge in [0, 0.05) is 41.7 Å². The third kappa shape index (κ3) is 3.76. The first-order chi connectivity index (χ1) is 11.7. The van der Waals surface area contributed by atoms with Gasteiger partial charge in [-0.2, -0.15) is 0 Å². The Kier molecular flexibility index (Phi) is 4.98. The van der Waals surface area contributed by atoms with Crippen LogP contribution in [0.4, 0.5) is 0 Å². The summed E-state index contributed by atoms with van der Waals surface area (Å²) in [4.78, 5) is -0.119. The highest BCUT2D eigenvalue weighted by molar-refractivity contribution is 8.13. The first-order valence-electron chi connectivity index (χ1n) is 7.76. The Labute approximate surface area is 151 Å². The average molecular weight is 404 g/mol. The van der Waals surface area contributed by atoms with Gasteiger partial charge in [-0.05, 0) is 38.0 Å². The molecule has 1 saturated heterocycles. The van der Waals surface area contributed by atoms with Gasteiger partial charge in [0.15, 0.2) is 0 Å². The van der Waals surface area contributed by atoms with Crippen molar-refractivity contribution in [1.82, 2.24) is 3.97 Å². The van der Waals surface area contributed by atoms with E-state index in [-0.39, 0.29) is 15.7 Å². The molecule has 0 aliphatic carbocycles. The minimum atomic E-state index is -4.04. The summed E-state index contributed by atoms with van der Waals surface area (Å²) in [5.41, 5.74) is 1.35. The van der Waals surface area contributed by atoms with Gasteiger partial charge in [-0.1, -0.05) is 17.7 Å². The highest BCUT2D eigenvalue weighted by Crippen LogP contribution is 2.33. The first kappa shape index (κ1) is 18.4. The zero-order valence-electron chi connectivity index (χ0n) is 13.6. The zero-order chi connectivity index (χ0) is 18.2. The standard InChI is InChI=1S/C16H18ClNO5S2/c1-12-2-4-14(5-3-12)25(21,22)18-11-15(24(17,19)20)10-16(18)13-6-8-23-9-7-13/h2-5,10-11,13H,6-9H2,1H3. The minimum Gasteiger partial charge on any atom is -0.381 e. The van der Waals surface area contributed by atoms with Gasteiger partial charge in [-0.3, -0.25) is 0 Å². The summed E-state index contributed by atoms with van der Waals surface area (Å²) in [6.07, 6.45) is 2.33. The lowest BCUT2D eigenvalue weighted by Gasteiger charge is -2.23. The molecule has 1 aromatic carbocycles. The summed E-state index contributed by atoms with van der Waals surface area (Å²) in [5.74, 6) is -0.110. The molecule has 0 radical (unpaired) electrons. The van der Waals surface area contributed by atoms with Crippen LogP contribution in [-0.4, -0.2) is 34.0 Å². The van der Waals surface area contributed by atoms with Gasteiger partial charge in [0.05, 0.1) is 4.90 Å². The third-order valence-electron chi connectivity index (χ3n) is 4.29. The lowest BCUT2D eigenvalue weighted by Crippen LogP contribution is -2.21. The summed E-state index contributed by atoms with van der Waals surface area (Å²) in [6.45, 7) is 2.87. The molecule has 3 rings (SSSR count). The van der Waals surface area contributed by atoms with Crippen molar-refractivity contribution >= 4 is 29.8 Å². The normalized spacial score (nSPS) is 16.9. The number of nitrogens with zero attached hydrogens (tertiary/aromatic N) is 1. The van der Waals surface area contributed by atoms with Crippen LogP contribution in [-0.2, 0) is 23.8 Å². The quantitative estimate of drug-likeness (QED) is 0.733. The van der Waals surface area contributed by atoms with Crippen molar-refractivity contribution < 1.29 is 21.6 Å². The molecule has 1 aliphatic rings. The second kappa shape index (κ2) is 6.75. The van der Waals surface area contributed by atoms with Crippen LogP contribution in [0.3, 0.4) is 0 Å². The highest BCUT2D eigenvalue weighted by atomic mass is 35.7. The van der Waals surface area contributed by atoms with Crippen LogP contribution < -0.4 is 0 Å². The van der Waals surface area contributed by atoms with Crippen molar-refractivity contribution in [3.8, 4) is 0 Å². The van der Waals surface area contributed by atoms with Crippen LogP contribution in [0.25, 0.3) is 0 Å². The topological polar surface area (TPSA) is 82.4 Å². The molecule has 0 spiro atoms.